The van der Waals surface area contributed by atoms with E-state index in [-0.39, 0.29) is 0 Å². The molecule has 0 aliphatic rings. The predicted molar refractivity (Wildman–Crippen MR) is 24.3 cm³/mol. The van der Waals surface area contributed by atoms with E-state index in [2.05, 4.69) is 8.93 Å². The van der Waals surface area contributed by atoms with Crippen LogP contribution < -0.4 is 0 Å². The summed E-state index contributed by atoms with van der Waals surface area (Å²) in [6, 6.07) is 0. The Hall–Kier alpha value is 0.440. The highest BCUT2D eigenvalue weighted by Gasteiger charge is 1.53. The van der Waals surface area contributed by atoms with Crippen LogP contribution in [0.4, 0.5) is 0 Å². The van der Waals surface area contributed by atoms with Crippen molar-refractivity contribution in [3.05, 3.63) is 0 Å². The maximum atomic E-state index is 8.08. The minimum absolute atomic E-state index is 0.704. The molecule has 1 nitrogen and oxygen atoms in total. The summed E-state index contributed by atoms with van der Waals surface area (Å²) in [5.41, 5.74) is 0. The van der Waals surface area contributed by atoms with Crippen LogP contribution in [-0.2, 0) is 0 Å². The van der Waals surface area contributed by atoms with Gasteiger partial charge in [-0.3, -0.25) is 0 Å². The summed E-state index contributed by atoms with van der Waals surface area (Å²) >= 11 is 0. The van der Waals surface area contributed by atoms with Gasteiger partial charge < -0.3 is 0 Å². The number of hydrogen-bond acceptors (Lipinski definition) is 1. The lowest BCUT2D eigenvalue weighted by atomic mass is 12.0. The Morgan fingerprint density at radius 3 is 2.00 bits per heavy atom. The van der Waals surface area contributed by atoms with E-state index in [1.807, 2.05) is 0 Å². The van der Waals surface area contributed by atoms with Crippen LogP contribution in [0.15, 0.2) is 0 Å². The molecule has 0 aromatic carbocycles. The molecule has 0 N–H and O–H groups in total. The van der Waals surface area contributed by atoms with E-state index in [4.69, 9.17) is 5.00 Å². The Labute approximate surface area is 28.8 Å². The Balaban J connectivity index is 3.02. The Bertz CT molecular complexity index is 52.2. The van der Waals surface area contributed by atoms with E-state index >= 15 is 0 Å². The highest BCUT2D eigenvalue weighted by molar-refractivity contribution is 8.05. The van der Waals surface area contributed by atoms with Gasteiger partial charge >= 0.3 is 0 Å². The minimum atomic E-state index is -0.704. The molecule has 0 fully saturated rings. The van der Waals surface area contributed by atoms with E-state index in [1.165, 1.54) is 0 Å². The smallest absolute Gasteiger partial charge is 0.0571 e. The van der Waals surface area contributed by atoms with Crippen LogP contribution in [0.3, 0.4) is 0 Å². The molecule has 0 saturated carbocycles. The lowest BCUT2D eigenvalue weighted by molar-refractivity contribution is 1.65. The quantitative estimate of drug-likeness (QED) is 0.415. The van der Waals surface area contributed by atoms with Gasteiger partial charge in [-0.1, -0.05) is 8.93 Å². The maximum absolute atomic E-state index is 8.08. The molecular weight excluding hydrogens is 88.0 g/mol. The first-order chi connectivity index (χ1) is 1.73. The van der Waals surface area contributed by atoms with Crippen LogP contribution in [0.2, 0.25) is 0 Å². The Morgan fingerprint density at radius 2 is 2.00 bits per heavy atom. The standard InChI is InChI=1S/CH5NP2/c1-4(2)3/h3H2,1H3. The lowest BCUT2D eigenvalue weighted by Crippen LogP contribution is -1.09. The molecule has 0 rings (SSSR count). The summed E-state index contributed by atoms with van der Waals surface area (Å²) in [7, 11) is 1.57. The van der Waals surface area contributed by atoms with Gasteiger partial charge in [-0.2, -0.15) is 0 Å². The van der Waals surface area contributed by atoms with Crippen LogP contribution in [-0.4, -0.2) is 6.66 Å². The topological polar surface area (TPSA) is 23.8 Å². The first-order valence-corrected chi connectivity index (χ1v) is 4.27. The molecule has 0 aromatic heterocycles. The summed E-state index contributed by atoms with van der Waals surface area (Å²) in [6.45, 7) is 1.75. The van der Waals surface area contributed by atoms with E-state index in [9.17, 15) is 0 Å². The largest absolute Gasteiger partial charge is 0.241 e. The zero-order valence-corrected chi connectivity index (χ0v) is 4.52. The molecule has 24 valence electrons. The normalized spacial score (nSPS) is 10.8. The summed E-state index contributed by atoms with van der Waals surface area (Å²) in [5, 5.41) is 8.08. The zero-order valence-electron chi connectivity index (χ0n) is 2.47. The van der Waals surface area contributed by atoms with E-state index < -0.39 is 7.25 Å². The lowest BCUT2D eigenvalue weighted by Gasteiger charge is -1.53. The second-order valence-electron chi connectivity index (χ2n) is 0.574. The molecule has 3 heteroatoms. The van der Waals surface area contributed by atoms with Gasteiger partial charge in [-0.15, -0.1) is 0 Å². The van der Waals surface area contributed by atoms with E-state index in [0.29, 0.717) is 0 Å². The van der Waals surface area contributed by atoms with Crippen molar-refractivity contribution >= 4 is 16.2 Å². The van der Waals surface area contributed by atoms with Crippen LogP contribution >= 0.6 is 16.2 Å². The van der Waals surface area contributed by atoms with Gasteiger partial charge in [-0.25, -0.2) is 5.00 Å². The molecule has 4 heavy (non-hydrogen) atoms. The molecule has 0 aliphatic heterocycles. The molecule has 0 amide bonds. The van der Waals surface area contributed by atoms with Gasteiger partial charge in [0.05, 0.1) is 7.25 Å². The number of hydrogen-bond donors (Lipinski definition) is 0. The average Bonchev–Trinajstić information content (AvgIpc) is 0.811. The fraction of sp³-hybridized carbons (Fsp3) is 1.00. The molecule has 0 bridgehead atoms. The summed E-state index contributed by atoms with van der Waals surface area (Å²) in [5.74, 6) is 0. The van der Waals surface area contributed by atoms with Gasteiger partial charge in [0.2, 0.25) is 0 Å². The van der Waals surface area contributed by atoms with Crippen molar-refractivity contribution in [2.24, 2.45) is 0 Å². The third-order valence-corrected chi connectivity index (χ3v) is 0. The fourth-order valence-corrected chi connectivity index (χ4v) is 0. The molecule has 2 unspecified atom stereocenters. The molecule has 2 atom stereocenters. The van der Waals surface area contributed by atoms with Crippen molar-refractivity contribution < 1.29 is 0 Å². The van der Waals surface area contributed by atoms with Gasteiger partial charge in [0.25, 0.3) is 0 Å². The third-order valence-electron chi connectivity index (χ3n) is 0. The van der Waals surface area contributed by atoms with E-state index in [1.54, 1.807) is 6.66 Å². The summed E-state index contributed by atoms with van der Waals surface area (Å²) < 4.78 is 0. The van der Waals surface area contributed by atoms with Gasteiger partial charge in [0.1, 0.15) is 0 Å². The monoisotopic (exact) mass is 93.0 g/mol. The first kappa shape index (κ1) is 4.44. The SMILES string of the molecule is CP(#N)P. The minimum Gasteiger partial charge on any atom is -0.241 e. The van der Waals surface area contributed by atoms with Gasteiger partial charge in [0, 0.05) is 6.66 Å². The molecular formula is CH5NP2. The van der Waals surface area contributed by atoms with Crippen LogP contribution in [0.25, 0.3) is 0 Å². The Kier molecular flexibility index (Phi) is 1.92. The van der Waals surface area contributed by atoms with Crippen molar-refractivity contribution in [1.29, 1.82) is 5.00 Å². The van der Waals surface area contributed by atoms with Gasteiger partial charge in [-0.05, 0) is 0 Å². The molecule has 0 aromatic rings. The maximum Gasteiger partial charge on any atom is 0.0571 e. The molecule has 0 spiro atoms. The average molecular weight is 93.0 g/mol. The number of nitrogens with zero attached hydrogens (tertiary/aromatic N) is 1. The molecule has 0 aliphatic carbocycles. The highest BCUT2D eigenvalue weighted by Crippen LogP contribution is 2.19. The predicted octanol–water partition coefficient (Wildman–Crippen LogP) is 1.37. The fourth-order valence-electron chi connectivity index (χ4n) is 0. The van der Waals surface area contributed by atoms with Gasteiger partial charge in [0.15, 0.2) is 0 Å². The van der Waals surface area contributed by atoms with Crippen molar-refractivity contribution in [3.8, 4) is 0 Å². The van der Waals surface area contributed by atoms with Crippen molar-refractivity contribution in [1.82, 2.24) is 0 Å². The zero-order chi connectivity index (χ0) is 3.58. The molecule has 0 heterocycles. The summed E-state index contributed by atoms with van der Waals surface area (Å²) in [6.07, 6.45) is 0. The van der Waals surface area contributed by atoms with Crippen LogP contribution in [0, 0.1) is 5.00 Å². The van der Waals surface area contributed by atoms with Crippen LogP contribution in [0.5, 0.6) is 0 Å². The van der Waals surface area contributed by atoms with Crippen molar-refractivity contribution in [2.75, 3.05) is 6.66 Å². The third kappa shape index (κ3) is 26.1. The molecule has 0 radical (unpaired) electrons. The van der Waals surface area contributed by atoms with E-state index in [0.717, 1.165) is 0 Å². The molecule has 0 saturated heterocycles. The first-order valence-electron chi connectivity index (χ1n) is 0.905. The second kappa shape index (κ2) is 1.73. The van der Waals surface area contributed by atoms with Crippen molar-refractivity contribution in [2.45, 2.75) is 0 Å². The second-order valence-corrected chi connectivity index (χ2v) is 3.96. The highest BCUT2D eigenvalue weighted by atomic mass is 32.0. The number of rotatable bonds is 0. The summed E-state index contributed by atoms with van der Waals surface area (Å²) in [4.78, 5) is 0. The van der Waals surface area contributed by atoms with Crippen LogP contribution in [0.1, 0.15) is 0 Å². The Morgan fingerprint density at radius 1 is 2.00 bits per heavy atom. The van der Waals surface area contributed by atoms with Crippen molar-refractivity contribution in [3.63, 3.8) is 0 Å².